The number of carboxylic acids is 1. The van der Waals surface area contributed by atoms with Crippen molar-refractivity contribution in [2.75, 3.05) is 37.6 Å². The number of piperazine rings is 1. The first-order valence-electron chi connectivity index (χ1n) is 7.29. The van der Waals surface area contributed by atoms with Crippen molar-refractivity contribution in [1.82, 2.24) is 14.3 Å². The Kier molecular flexibility index (Phi) is 3.55. The van der Waals surface area contributed by atoms with E-state index in [0.29, 0.717) is 11.3 Å². The minimum atomic E-state index is -0.937. The Morgan fingerprint density at radius 3 is 2.62 bits per heavy atom. The first-order valence-corrected chi connectivity index (χ1v) is 7.29. The number of imidazole rings is 1. The van der Waals surface area contributed by atoms with Crippen molar-refractivity contribution in [3.05, 3.63) is 29.7 Å². The van der Waals surface area contributed by atoms with Crippen LogP contribution >= 0.6 is 0 Å². The average Bonchev–Trinajstić information content (AvgIpc) is 2.82. The number of rotatable bonds is 3. The quantitative estimate of drug-likeness (QED) is 0.927. The van der Waals surface area contributed by atoms with Crippen molar-refractivity contribution < 1.29 is 9.90 Å². The van der Waals surface area contributed by atoms with Crippen molar-refractivity contribution in [1.29, 1.82) is 0 Å². The Morgan fingerprint density at radius 1 is 1.29 bits per heavy atom. The van der Waals surface area contributed by atoms with Gasteiger partial charge in [0.2, 0.25) is 0 Å². The van der Waals surface area contributed by atoms with Gasteiger partial charge in [0.25, 0.3) is 0 Å². The van der Waals surface area contributed by atoms with Gasteiger partial charge in [-0.3, -0.25) is 4.40 Å². The van der Waals surface area contributed by atoms with Gasteiger partial charge >= 0.3 is 5.97 Å². The SMILES string of the molecule is CCN1CCN(c2ccc3nc(C)c(C(=O)O)n3c2)CC1. The van der Waals surface area contributed by atoms with Gasteiger partial charge in [-0.05, 0) is 25.6 Å². The maximum Gasteiger partial charge on any atom is 0.354 e. The zero-order valence-corrected chi connectivity index (χ0v) is 12.4. The Morgan fingerprint density at radius 2 is 2.00 bits per heavy atom. The minimum absolute atomic E-state index is 0.249. The van der Waals surface area contributed by atoms with Crippen LogP contribution in [0, 0.1) is 6.92 Å². The minimum Gasteiger partial charge on any atom is -0.477 e. The molecule has 0 atom stereocenters. The van der Waals surface area contributed by atoms with E-state index >= 15 is 0 Å². The van der Waals surface area contributed by atoms with E-state index in [2.05, 4.69) is 21.7 Å². The monoisotopic (exact) mass is 288 g/mol. The first-order chi connectivity index (χ1) is 10.1. The number of fused-ring (bicyclic) bond motifs is 1. The van der Waals surface area contributed by atoms with Gasteiger partial charge in [0.1, 0.15) is 5.65 Å². The van der Waals surface area contributed by atoms with Crippen LogP contribution in [0.4, 0.5) is 5.69 Å². The molecule has 0 radical (unpaired) electrons. The van der Waals surface area contributed by atoms with Gasteiger partial charge in [-0.1, -0.05) is 6.92 Å². The number of aromatic nitrogens is 2. The number of nitrogens with zero attached hydrogens (tertiary/aromatic N) is 4. The molecule has 2 aromatic heterocycles. The second-order valence-electron chi connectivity index (χ2n) is 5.39. The molecule has 0 aliphatic carbocycles. The molecule has 1 N–H and O–H groups in total. The lowest BCUT2D eigenvalue weighted by atomic mass is 10.2. The molecule has 6 nitrogen and oxygen atoms in total. The van der Waals surface area contributed by atoms with Crippen molar-refractivity contribution in [2.24, 2.45) is 0 Å². The van der Waals surface area contributed by atoms with E-state index < -0.39 is 5.97 Å². The molecular formula is C15H20N4O2. The number of anilines is 1. The van der Waals surface area contributed by atoms with Crippen LogP contribution in [0.3, 0.4) is 0 Å². The number of hydrogen-bond donors (Lipinski definition) is 1. The molecule has 0 aromatic carbocycles. The van der Waals surface area contributed by atoms with Gasteiger partial charge in [0.15, 0.2) is 5.69 Å². The van der Waals surface area contributed by atoms with Crippen molar-refractivity contribution in [2.45, 2.75) is 13.8 Å². The van der Waals surface area contributed by atoms with Crippen LogP contribution in [0.15, 0.2) is 18.3 Å². The average molecular weight is 288 g/mol. The standard InChI is InChI=1S/C15H20N4O2/c1-3-17-6-8-18(9-7-17)12-4-5-13-16-11(2)14(15(20)21)19(13)10-12/h4-5,10H,3,6-9H2,1-2H3,(H,20,21). The molecule has 1 fully saturated rings. The lowest BCUT2D eigenvalue weighted by Crippen LogP contribution is -2.46. The highest BCUT2D eigenvalue weighted by molar-refractivity contribution is 5.88. The number of pyridine rings is 1. The fraction of sp³-hybridized carbons (Fsp3) is 0.467. The Bertz CT molecular complexity index is 672. The summed E-state index contributed by atoms with van der Waals surface area (Å²) >= 11 is 0. The molecule has 3 rings (SSSR count). The normalized spacial score (nSPS) is 16.6. The number of carbonyl (C=O) groups is 1. The summed E-state index contributed by atoms with van der Waals surface area (Å²) in [5.41, 5.74) is 2.54. The molecule has 1 aliphatic rings. The fourth-order valence-electron chi connectivity index (χ4n) is 2.92. The highest BCUT2D eigenvalue weighted by Crippen LogP contribution is 2.20. The zero-order valence-electron chi connectivity index (χ0n) is 12.4. The van der Waals surface area contributed by atoms with E-state index in [1.807, 2.05) is 18.3 Å². The summed E-state index contributed by atoms with van der Waals surface area (Å²) in [6, 6.07) is 3.91. The second-order valence-corrected chi connectivity index (χ2v) is 5.39. The Balaban J connectivity index is 1.94. The summed E-state index contributed by atoms with van der Waals surface area (Å²) in [6.45, 7) is 9.01. The molecule has 21 heavy (non-hydrogen) atoms. The molecule has 0 bridgehead atoms. The van der Waals surface area contributed by atoms with Crippen LogP contribution in [0.2, 0.25) is 0 Å². The lowest BCUT2D eigenvalue weighted by Gasteiger charge is -2.35. The van der Waals surface area contributed by atoms with Crippen molar-refractivity contribution >= 4 is 17.3 Å². The highest BCUT2D eigenvalue weighted by atomic mass is 16.4. The molecule has 0 saturated carbocycles. The number of aromatic carboxylic acids is 1. The molecule has 2 aromatic rings. The Labute approximate surface area is 123 Å². The molecule has 0 amide bonds. The van der Waals surface area contributed by atoms with Crippen LogP contribution in [0.1, 0.15) is 23.1 Å². The van der Waals surface area contributed by atoms with Crippen molar-refractivity contribution in [3.63, 3.8) is 0 Å². The largest absolute Gasteiger partial charge is 0.477 e. The van der Waals surface area contributed by atoms with E-state index in [0.717, 1.165) is 38.4 Å². The van der Waals surface area contributed by atoms with Crippen LogP contribution in [0.5, 0.6) is 0 Å². The summed E-state index contributed by atoms with van der Waals surface area (Å²) in [6.07, 6.45) is 1.89. The van der Waals surface area contributed by atoms with Crippen LogP contribution in [-0.4, -0.2) is 58.1 Å². The molecule has 112 valence electrons. The Hall–Kier alpha value is -2.08. The van der Waals surface area contributed by atoms with E-state index in [1.54, 1.807) is 11.3 Å². The van der Waals surface area contributed by atoms with E-state index in [1.165, 1.54) is 0 Å². The third kappa shape index (κ3) is 2.47. The maximum atomic E-state index is 11.4. The third-order valence-electron chi connectivity index (χ3n) is 4.16. The number of carboxylic acid groups (broad SMARTS) is 1. The van der Waals surface area contributed by atoms with Gasteiger partial charge in [0, 0.05) is 32.4 Å². The zero-order chi connectivity index (χ0) is 15.0. The van der Waals surface area contributed by atoms with E-state index in [9.17, 15) is 9.90 Å². The van der Waals surface area contributed by atoms with Gasteiger partial charge < -0.3 is 14.9 Å². The van der Waals surface area contributed by atoms with E-state index in [4.69, 9.17) is 0 Å². The predicted octanol–water partition coefficient (Wildman–Crippen LogP) is 1.48. The highest BCUT2D eigenvalue weighted by Gasteiger charge is 2.19. The van der Waals surface area contributed by atoms with Gasteiger partial charge in [-0.2, -0.15) is 0 Å². The molecule has 1 aliphatic heterocycles. The van der Waals surface area contributed by atoms with Crippen LogP contribution < -0.4 is 4.90 Å². The summed E-state index contributed by atoms with van der Waals surface area (Å²) in [5, 5.41) is 9.34. The van der Waals surface area contributed by atoms with Gasteiger partial charge in [-0.15, -0.1) is 0 Å². The fourth-order valence-corrected chi connectivity index (χ4v) is 2.92. The lowest BCUT2D eigenvalue weighted by molar-refractivity contribution is 0.0688. The number of aryl methyl sites for hydroxylation is 1. The van der Waals surface area contributed by atoms with E-state index in [-0.39, 0.29) is 5.69 Å². The van der Waals surface area contributed by atoms with Crippen LogP contribution in [-0.2, 0) is 0 Å². The summed E-state index contributed by atoms with van der Waals surface area (Å²) in [7, 11) is 0. The number of hydrogen-bond acceptors (Lipinski definition) is 4. The van der Waals surface area contributed by atoms with Gasteiger partial charge in [-0.25, -0.2) is 9.78 Å². The topological polar surface area (TPSA) is 61.1 Å². The second kappa shape index (κ2) is 5.37. The maximum absolute atomic E-state index is 11.4. The summed E-state index contributed by atoms with van der Waals surface area (Å²) in [5.74, 6) is -0.937. The molecule has 1 saturated heterocycles. The predicted molar refractivity (Wildman–Crippen MR) is 81.2 cm³/mol. The summed E-state index contributed by atoms with van der Waals surface area (Å²) in [4.78, 5) is 20.4. The van der Waals surface area contributed by atoms with Crippen LogP contribution in [0.25, 0.3) is 5.65 Å². The molecule has 3 heterocycles. The third-order valence-corrected chi connectivity index (χ3v) is 4.16. The summed E-state index contributed by atoms with van der Waals surface area (Å²) < 4.78 is 1.68. The number of likely N-dealkylation sites (N-methyl/N-ethyl adjacent to an activating group) is 1. The van der Waals surface area contributed by atoms with Gasteiger partial charge in [0.05, 0.1) is 11.4 Å². The first kappa shape index (κ1) is 13.9. The smallest absolute Gasteiger partial charge is 0.354 e. The molecule has 6 heteroatoms. The molecule has 0 spiro atoms. The molecular weight excluding hydrogens is 268 g/mol. The molecule has 0 unspecified atom stereocenters. The van der Waals surface area contributed by atoms with Crippen molar-refractivity contribution in [3.8, 4) is 0 Å².